The van der Waals surface area contributed by atoms with Gasteiger partial charge < -0.3 is 14.2 Å². The van der Waals surface area contributed by atoms with Crippen molar-refractivity contribution in [3.05, 3.63) is 0 Å². The molecule has 4 aliphatic carbocycles. The summed E-state index contributed by atoms with van der Waals surface area (Å²) in [5.41, 5.74) is 0.469. The van der Waals surface area contributed by atoms with Crippen LogP contribution in [0.25, 0.3) is 0 Å². The van der Waals surface area contributed by atoms with Crippen molar-refractivity contribution >= 4 is 17.9 Å². The van der Waals surface area contributed by atoms with Crippen molar-refractivity contribution in [1.29, 1.82) is 0 Å². The number of fused-ring (bicyclic) bond motifs is 5. The molecule has 0 heterocycles. The van der Waals surface area contributed by atoms with Gasteiger partial charge in [0.15, 0.2) is 0 Å². The SMILES string of the molecule is CCC(C)C(=O)OC(C)OC(=O)O[C@@H]1CC[C@@]2(C)[C@@H](CC[C@@H]3[C@@H]2CC[C@]2(C)C(C(C)=O)CC[C@@H]32)C1. The minimum absolute atomic E-state index is 0.142. The molecule has 10 atom stereocenters. The van der Waals surface area contributed by atoms with Crippen molar-refractivity contribution < 1.29 is 28.6 Å². The Bertz CT molecular complexity index is 824. The van der Waals surface area contributed by atoms with Crippen LogP contribution in [0.2, 0.25) is 0 Å². The monoisotopic (exact) mass is 490 g/mol. The van der Waals surface area contributed by atoms with Crippen LogP contribution >= 0.6 is 0 Å². The number of rotatable bonds is 6. The second-order valence-electron chi connectivity index (χ2n) is 12.6. The van der Waals surface area contributed by atoms with Gasteiger partial charge in [0.1, 0.15) is 11.9 Å². The zero-order valence-corrected chi connectivity index (χ0v) is 22.6. The highest BCUT2D eigenvalue weighted by Gasteiger charge is 2.61. The summed E-state index contributed by atoms with van der Waals surface area (Å²) >= 11 is 0. The molecule has 6 nitrogen and oxygen atoms in total. The lowest BCUT2D eigenvalue weighted by Crippen LogP contribution is -2.54. The molecule has 35 heavy (non-hydrogen) atoms. The first-order valence-corrected chi connectivity index (χ1v) is 14.1. The largest absolute Gasteiger partial charge is 0.511 e. The highest BCUT2D eigenvalue weighted by Crippen LogP contribution is 2.67. The number of ether oxygens (including phenoxy) is 3. The molecular weight excluding hydrogens is 444 g/mol. The molecule has 0 aromatic rings. The molecule has 198 valence electrons. The minimum Gasteiger partial charge on any atom is -0.431 e. The topological polar surface area (TPSA) is 78.9 Å². The van der Waals surface area contributed by atoms with Gasteiger partial charge in [-0.2, -0.15) is 0 Å². The predicted octanol–water partition coefficient (Wildman–Crippen LogP) is 6.69. The van der Waals surface area contributed by atoms with Gasteiger partial charge in [-0.3, -0.25) is 9.59 Å². The summed E-state index contributed by atoms with van der Waals surface area (Å²) in [6.45, 7) is 11.9. The van der Waals surface area contributed by atoms with Gasteiger partial charge in [0.05, 0.1) is 5.92 Å². The summed E-state index contributed by atoms with van der Waals surface area (Å²) in [4.78, 5) is 36.7. The molecule has 4 fully saturated rings. The van der Waals surface area contributed by atoms with Gasteiger partial charge in [-0.15, -0.1) is 0 Å². The molecule has 6 heteroatoms. The van der Waals surface area contributed by atoms with Crippen LogP contribution < -0.4 is 0 Å². The summed E-state index contributed by atoms with van der Waals surface area (Å²) in [5.74, 6) is 2.71. The lowest BCUT2D eigenvalue weighted by Gasteiger charge is -2.61. The first-order chi connectivity index (χ1) is 16.5. The van der Waals surface area contributed by atoms with Crippen LogP contribution in [-0.2, 0) is 23.8 Å². The Hall–Kier alpha value is -1.59. The van der Waals surface area contributed by atoms with E-state index in [-0.39, 0.29) is 34.7 Å². The van der Waals surface area contributed by atoms with Crippen molar-refractivity contribution in [3.8, 4) is 0 Å². The Morgan fingerprint density at radius 3 is 2.26 bits per heavy atom. The summed E-state index contributed by atoms with van der Waals surface area (Å²) < 4.78 is 16.1. The molecule has 0 spiro atoms. The first kappa shape index (κ1) is 26.5. The van der Waals surface area contributed by atoms with Crippen molar-refractivity contribution in [1.82, 2.24) is 0 Å². The molecule has 0 saturated heterocycles. The maximum Gasteiger partial charge on any atom is 0.511 e. The van der Waals surface area contributed by atoms with E-state index in [1.54, 1.807) is 20.8 Å². The number of ketones is 1. The number of hydrogen-bond acceptors (Lipinski definition) is 6. The summed E-state index contributed by atoms with van der Waals surface area (Å²) in [7, 11) is 0. The fraction of sp³-hybridized carbons (Fsp3) is 0.897. The number of esters is 1. The van der Waals surface area contributed by atoms with Crippen molar-refractivity contribution in [3.63, 3.8) is 0 Å². The molecule has 0 amide bonds. The predicted molar refractivity (Wildman–Crippen MR) is 132 cm³/mol. The summed E-state index contributed by atoms with van der Waals surface area (Å²) in [6, 6.07) is 0. The third-order valence-corrected chi connectivity index (χ3v) is 10.9. The average molecular weight is 491 g/mol. The maximum atomic E-state index is 12.4. The van der Waals surface area contributed by atoms with E-state index in [2.05, 4.69) is 13.8 Å². The summed E-state index contributed by atoms with van der Waals surface area (Å²) in [6.07, 6.45) is 8.72. The minimum atomic E-state index is -0.949. The van der Waals surface area contributed by atoms with Crippen LogP contribution in [0.3, 0.4) is 0 Å². The lowest BCUT2D eigenvalue weighted by atomic mass is 9.44. The molecule has 0 aromatic carbocycles. The van der Waals surface area contributed by atoms with Gasteiger partial charge in [-0.1, -0.05) is 27.7 Å². The molecule has 0 aliphatic heterocycles. The van der Waals surface area contributed by atoms with E-state index in [0.717, 1.165) is 31.6 Å². The Morgan fingerprint density at radius 2 is 1.57 bits per heavy atom. The Morgan fingerprint density at radius 1 is 0.886 bits per heavy atom. The van der Waals surface area contributed by atoms with Crippen LogP contribution in [0.4, 0.5) is 4.79 Å². The third-order valence-electron chi connectivity index (χ3n) is 10.9. The highest BCUT2D eigenvalue weighted by atomic mass is 16.8. The Kier molecular flexibility index (Phi) is 7.60. The van der Waals surface area contributed by atoms with E-state index in [1.165, 1.54) is 32.1 Å². The quantitative estimate of drug-likeness (QED) is 0.305. The number of carbonyl (C=O) groups excluding carboxylic acids is 3. The van der Waals surface area contributed by atoms with E-state index in [0.29, 0.717) is 30.0 Å². The standard InChI is InChI=1S/C29H46O6/c1-7-17(2)26(31)33-19(4)34-27(32)35-21-12-14-28(5)20(16-21)8-9-22-24-11-10-23(18(3)30)29(24,6)15-13-25(22)28/h17,19-25H,7-16H2,1-6H3/t17?,19?,20-,21+,22-,23?,24-,25-,28-,29+/m0/s1. The van der Waals surface area contributed by atoms with Gasteiger partial charge in [0, 0.05) is 12.8 Å². The Balaban J connectivity index is 1.33. The van der Waals surface area contributed by atoms with E-state index in [4.69, 9.17) is 14.2 Å². The summed E-state index contributed by atoms with van der Waals surface area (Å²) in [5, 5.41) is 0. The van der Waals surface area contributed by atoms with E-state index in [1.807, 2.05) is 6.92 Å². The Labute approximate surface area is 211 Å². The molecule has 0 radical (unpaired) electrons. The molecular formula is C29H46O6. The van der Waals surface area contributed by atoms with E-state index < -0.39 is 12.4 Å². The maximum absolute atomic E-state index is 12.4. The van der Waals surface area contributed by atoms with Crippen molar-refractivity contribution in [2.45, 2.75) is 118 Å². The smallest absolute Gasteiger partial charge is 0.431 e. The second-order valence-corrected chi connectivity index (χ2v) is 12.6. The molecule has 4 rings (SSSR count). The second kappa shape index (κ2) is 10.0. The highest BCUT2D eigenvalue weighted by molar-refractivity contribution is 5.79. The number of hydrogen-bond donors (Lipinski definition) is 0. The number of Topliss-reactive ketones (excluding diaryl/α,β-unsaturated/α-hetero) is 1. The molecule has 4 aliphatic rings. The third kappa shape index (κ3) is 4.87. The normalized spacial score (nSPS) is 42.0. The van der Waals surface area contributed by atoms with Gasteiger partial charge in [0.2, 0.25) is 6.29 Å². The van der Waals surface area contributed by atoms with Crippen molar-refractivity contribution in [2.24, 2.45) is 46.3 Å². The fourth-order valence-electron chi connectivity index (χ4n) is 8.76. The van der Waals surface area contributed by atoms with Crippen LogP contribution in [0.15, 0.2) is 0 Å². The zero-order chi connectivity index (χ0) is 25.5. The van der Waals surface area contributed by atoms with E-state index >= 15 is 0 Å². The molecule has 3 unspecified atom stereocenters. The van der Waals surface area contributed by atoms with Crippen LogP contribution in [0.5, 0.6) is 0 Å². The van der Waals surface area contributed by atoms with Gasteiger partial charge in [0.25, 0.3) is 0 Å². The molecule has 4 saturated carbocycles. The van der Waals surface area contributed by atoms with Gasteiger partial charge >= 0.3 is 12.1 Å². The van der Waals surface area contributed by atoms with Crippen LogP contribution in [0.1, 0.15) is 106 Å². The van der Waals surface area contributed by atoms with Crippen LogP contribution in [-0.4, -0.2) is 30.3 Å². The van der Waals surface area contributed by atoms with Gasteiger partial charge in [-0.05, 0) is 106 Å². The van der Waals surface area contributed by atoms with Crippen molar-refractivity contribution in [2.75, 3.05) is 0 Å². The fourth-order valence-corrected chi connectivity index (χ4v) is 8.76. The lowest BCUT2D eigenvalue weighted by molar-refractivity contribution is -0.175. The number of carbonyl (C=O) groups is 3. The van der Waals surface area contributed by atoms with Crippen LogP contribution in [0, 0.1) is 46.3 Å². The molecule has 0 bridgehead atoms. The molecule has 0 N–H and O–H groups in total. The average Bonchev–Trinajstić information content (AvgIpc) is 3.16. The van der Waals surface area contributed by atoms with Gasteiger partial charge in [-0.25, -0.2) is 4.79 Å². The first-order valence-electron chi connectivity index (χ1n) is 14.1. The zero-order valence-electron chi connectivity index (χ0n) is 22.6. The molecule has 0 aromatic heterocycles. The van der Waals surface area contributed by atoms with E-state index in [9.17, 15) is 14.4 Å².